The number of aliphatic hydroxyl groups is 1. The molecule has 0 amide bonds. The molecule has 0 aliphatic carbocycles. The highest BCUT2D eigenvalue weighted by Gasteiger charge is 2.24. The maximum atomic E-state index is 11.7. The second-order valence-electron chi connectivity index (χ2n) is 7.41. The Kier molecular flexibility index (Phi) is 7.65. The first-order valence-corrected chi connectivity index (χ1v) is 7.42. The van der Waals surface area contributed by atoms with Gasteiger partial charge in [-0.05, 0) is 39.0 Å². The fourth-order valence-electron chi connectivity index (χ4n) is 2.21. The quantitative estimate of drug-likeness (QED) is 0.535. The monoisotopic (exact) mass is 272 g/mol. The number of hydrogen-bond donors (Lipinski definition) is 1. The van der Waals surface area contributed by atoms with E-state index in [0.717, 1.165) is 19.3 Å². The third-order valence-corrected chi connectivity index (χ3v) is 2.98. The number of carbonyl (C=O) groups excluding carboxylic acids is 1. The van der Waals surface area contributed by atoms with Gasteiger partial charge < -0.3 is 9.84 Å². The zero-order chi connectivity index (χ0) is 15.1. The van der Waals surface area contributed by atoms with Crippen LogP contribution in [0.5, 0.6) is 0 Å². The molecule has 3 nitrogen and oxygen atoms in total. The highest BCUT2D eigenvalue weighted by molar-refractivity contribution is 5.69. The molecule has 0 aromatic carbocycles. The number of esters is 1. The number of hydrogen-bond acceptors (Lipinski definition) is 3. The minimum atomic E-state index is -0.573. The van der Waals surface area contributed by atoms with Crippen LogP contribution in [0.4, 0.5) is 0 Å². The Morgan fingerprint density at radius 2 is 1.68 bits per heavy atom. The SMILES string of the molecule is CC(O)CC(C)(C)OC(=O)CCCCCC(C)(C)C. The normalized spacial score (nSPS) is 14.3. The zero-order valence-corrected chi connectivity index (χ0v) is 13.6. The molecule has 1 atom stereocenters. The van der Waals surface area contributed by atoms with Gasteiger partial charge in [-0.2, -0.15) is 0 Å². The number of rotatable bonds is 8. The van der Waals surface area contributed by atoms with Crippen molar-refractivity contribution < 1.29 is 14.6 Å². The van der Waals surface area contributed by atoms with Gasteiger partial charge in [0.2, 0.25) is 0 Å². The van der Waals surface area contributed by atoms with Crippen molar-refractivity contribution in [3.05, 3.63) is 0 Å². The van der Waals surface area contributed by atoms with E-state index in [2.05, 4.69) is 20.8 Å². The van der Waals surface area contributed by atoms with Crippen LogP contribution in [0.3, 0.4) is 0 Å². The summed E-state index contributed by atoms with van der Waals surface area (Å²) in [6, 6.07) is 0. The van der Waals surface area contributed by atoms with Crippen LogP contribution in [-0.4, -0.2) is 22.8 Å². The largest absolute Gasteiger partial charge is 0.460 e. The summed E-state index contributed by atoms with van der Waals surface area (Å²) in [5.41, 5.74) is -0.198. The molecule has 0 saturated carbocycles. The summed E-state index contributed by atoms with van der Waals surface area (Å²) in [5.74, 6) is -0.151. The van der Waals surface area contributed by atoms with Gasteiger partial charge in [-0.15, -0.1) is 0 Å². The minimum Gasteiger partial charge on any atom is -0.460 e. The average Bonchev–Trinajstić information content (AvgIpc) is 2.11. The highest BCUT2D eigenvalue weighted by atomic mass is 16.6. The van der Waals surface area contributed by atoms with Crippen LogP contribution in [-0.2, 0) is 9.53 Å². The Balaban J connectivity index is 3.76. The van der Waals surface area contributed by atoms with Gasteiger partial charge in [-0.3, -0.25) is 4.79 Å². The van der Waals surface area contributed by atoms with Crippen LogP contribution in [0, 0.1) is 5.41 Å². The first-order chi connectivity index (χ1) is 8.52. The molecular weight excluding hydrogens is 240 g/mol. The van der Waals surface area contributed by atoms with Crippen LogP contribution in [0.2, 0.25) is 0 Å². The number of aliphatic hydroxyl groups excluding tert-OH is 1. The number of ether oxygens (including phenoxy) is 1. The van der Waals surface area contributed by atoms with E-state index in [4.69, 9.17) is 4.74 Å². The molecule has 0 bridgehead atoms. The molecule has 0 aromatic rings. The molecule has 1 N–H and O–H groups in total. The van der Waals surface area contributed by atoms with Gasteiger partial charge in [0.25, 0.3) is 0 Å². The van der Waals surface area contributed by atoms with Crippen LogP contribution in [0.25, 0.3) is 0 Å². The summed E-state index contributed by atoms with van der Waals surface area (Å²) in [6.07, 6.45) is 4.82. The Morgan fingerprint density at radius 3 is 2.16 bits per heavy atom. The molecule has 19 heavy (non-hydrogen) atoms. The summed E-state index contributed by atoms with van der Waals surface area (Å²) in [7, 11) is 0. The molecule has 0 radical (unpaired) electrons. The minimum absolute atomic E-state index is 0.151. The maximum absolute atomic E-state index is 11.7. The highest BCUT2D eigenvalue weighted by Crippen LogP contribution is 2.23. The first kappa shape index (κ1) is 18.4. The topological polar surface area (TPSA) is 46.5 Å². The summed E-state index contributed by atoms with van der Waals surface area (Å²) in [4.78, 5) is 11.7. The van der Waals surface area contributed by atoms with Gasteiger partial charge in [0.1, 0.15) is 5.60 Å². The van der Waals surface area contributed by atoms with Gasteiger partial charge in [0.05, 0.1) is 6.10 Å². The Morgan fingerprint density at radius 1 is 1.11 bits per heavy atom. The molecule has 0 aromatic heterocycles. The van der Waals surface area contributed by atoms with Gasteiger partial charge in [0.15, 0.2) is 0 Å². The van der Waals surface area contributed by atoms with Crippen molar-refractivity contribution in [2.45, 2.75) is 91.8 Å². The maximum Gasteiger partial charge on any atom is 0.306 e. The molecule has 3 heteroatoms. The first-order valence-electron chi connectivity index (χ1n) is 7.42. The average molecular weight is 272 g/mol. The van der Waals surface area contributed by atoms with E-state index in [1.54, 1.807) is 6.92 Å². The van der Waals surface area contributed by atoms with Crippen molar-refractivity contribution in [2.75, 3.05) is 0 Å². The summed E-state index contributed by atoms with van der Waals surface area (Å²) in [5, 5.41) is 9.33. The second-order valence-corrected chi connectivity index (χ2v) is 7.41. The standard InChI is InChI=1S/C16H32O3/c1-13(17)12-16(5,6)19-14(18)10-8-7-9-11-15(2,3)4/h13,17H,7-12H2,1-6H3. The van der Waals surface area contributed by atoms with Crippen molar-refractivity contribution in [1.82, 2.24) is 0 Å². The summed E-state index contributed by atoms with van der Waals surface area (Å²) < 4.78 is 5.40. The lowest BCUT2D eigenvalue weighted by Gasteiger charge is -2.26. The second kappa shape index (κ2) is 7.88. The molecule has 0 spiro atoms. The van der Waals surface area contributed by atoms with E-state index in [1.165, 1.54) is 6.42 Å². The van der Waals surface area contributed by atoms with Crippen molar-refractivity contribution in [3.8, 4) is 0 Å². The van der Waals surface area contributed by atoms with Crippen LogP contribution < -0.4 is 0 Å². The van der Waals surface area contributed by atoms with E-state index in [-0.39, 0.29) is 5.97 Å². The molecule has 1 unspecified atom stereocenters. The third-order valence-electron chi connectivity index (χ3n) is 2.98. The van der Waals surface area contributed by atoms with Crippen molar-refractivity contribution in [1.29, 1.82) is 0 Å². The van der Waals surface area contributed by atoms with E-state index in [1.807, 2.05) is 13.8 Å². The number of carbonyl (C=O) groups is 1. The molecule has 0 saturated heterocycles. The van der Waals surface area contributed by atoms with Crippen molar-refractivity contribution >= 4 is 5.97 Å². The lowest BCUT2D eigenvalue weighted by Crippen LogP contribution is -2.31. The van der Waals surface area contributed by atoms with Crippen LogP contribution in [0.15, 0.2) is 0 Å². The molecular formula is C16H32O3. The van der Waals surface area contributed by atoms with Crippen molar-refractivity contribution in [3.63, 3.8) is 0 Å². The Hall–Kier alpha value is -0.570. The predicted octanol–water partition coefficient (Wildman–Crippen LogP) is 4.08. The molecule has 0 heterocycles. The smallest absolute Gasteiger partial charge is 0.306 e. The zero-order valence-electron chi connectivity index (χ0n) is 13.6. The predicted molar refractivity (Wildman–Crippen MR) is 79.0 cm³/mol. The van der Waals surface area contributed by atoms with E-state index in [0.29, 0.717) is 18.3 Å². The van der Waals surface area contributed by atoms with Gasteiger partial charge >= 0.3 is 5.97 Å². The Bertz CT molecular complexity index is 262. The van der Waals surface area contributed by atoms with E-state index in [9.17, 15) is 9.90 Å². The molecule has 0 aliphatic heterocycles. The van der Waals surface area contributed by atoms with E-state index < -0.39 is 11.7 Å². The van der Waals surface area contributed by atoms with Gasteiger partial charge in [-0.25, -0.2) is 0 Å². The molecule has 114 valence electrons. The number of unbranched alkanes of at least 4 members (excludes halogenated alkanes) is 2. The van der Waals surface area contributed by atoms with Gasteiger partial charge in [0, 0.05) is 12.8 Å². The van der Waals surface area contributed by atoms with E-state index >= 15 is 0 Å². The summed E-state index contributed by atoms with van der Waals surface area (Å²) in [6.45, 7) is 12.1. The Labute approximate surface area is 118 Å². The third kappa shape index (κ3) is 12.2. The van der Waals surface area contributed by atoms with Gasteiger partial charge in [-0.1, -0.05) is 33.6 Å². The molecule has 0 fully saturated rings. The molecule has 0 rings (SSSR count). The fraction of sp³-hybridized carbons (Fsp3) is 0.938. The van der Waals surface area contributed by atoms with Crippen molar-refractivity contribution in [2.24, 2.45) is 5.41 Å². The lowest BCUT2D eigenvalue weighted by atomic mass is 9.89. The molecule has 0 aliphatic rings. The summed E-state index contributed by atoms with van der Waals surface area (Å²) >= 11 is 0. The fourth-order valence-corrected chi connectivity index (χ4v) is 2.21. The van der Waals surface area contributed by atoms with Crippen LogP contribution >= 0.6 is 0 Å². The lowest BCUT2D eigenvalue weighted by molar-refractivity contribution is -0.158. The van der Waals surface area contributed by atoms with Crippen LogP contribution in [0.1, 0.15) is 80.1 Å².